The van der Waals surface area contributed by atoms with Crippen molar-refractivity contribution in [3.63, 3.8) is 0 Å². The van der Waals surface area contributed by atoms with Crippen molar-refractivity contribution in [2.24, 2.45) is 5.92 Å². The summed E-state index contributed by atoms with van der Waals surface area (Å²) in [5, 5.41) is 0.851. The minimum absolute atomic E-state index is 0.176. The van der Waals surface area contributed by atoms with Crippen molar-refractivity contribution < 1.29 is 0 Å². The van der Waals surface area contributed by atoms with Gasteiger partial charge in [-0.3, -0.25) is 4.98 Å². The van der Waals surface area contributed by atoms with E-state index in [1.165, 1.54) is 30.6 Å². The van der Waals surface area contributed by atoms with Crippen LogP contribution < -0.4 is 0 Å². The van der Waals surface area contributed by atoms with Crippen LogP contribution in [0.15, 0.2) is 49.2 Å². The third-order valence-electron chi connectivity index (χ3n) is 4.43. The van der Waals surface area contributed by atoms with E-state index in [9.17, 15) is 0 Å². The number of hydrogen-bond donors (Lipinski definition) is 0. The largest absolute Gasteiger partial charge is 0.306 e. The lowest BCUT2D eigenvalue weighted by atomic mass is 9.80. The first-order chi connectivity index (χ1) is 11.8. The van der Waals surface area contributed by atoms with Gasteiger partial charge < -0.3 is 4.90 Å². The molecular formula is C22H29ClN2. The minimum Gasteiger partial charge on any atom is -0.306 e. The van der Waals surface area contributed by atoms with Gasteiger partial charge in [0.25, 0.3) is 0 Å². The Bertz CT molecular complexity index is 683. The van der Waals surface area contributed by atoms with Gasteiger partial charge in [-0.2, -0.15) is 0 Å². The maximum atomic E-state index is 6.12. The summed E-state index contributed by atoms with van der Waals surface area (Å²) in [5.41, 5.74) is 3.97. The van der Waals surface area contributed by atoms with Crippen LogP contribution in [0, 0.1) is 5.92 Å². The van der Waals surface area contributed by atoms with E-state index in [4.69, 9.17) is 11.6 Å². The molecule has 1 fully saturated rings. The Labute approximate surface area is 157 Å². The summed E-state index contributed by atoms with van der Waals surface area (Å²) in [6, 6.07) is 12.1. The Hall–Kier alpha value is -1.64. The minimum atomic E-state index is 0.176. The van der Waals surface area contributed by atoms with E-state index in [0.29, 0.717) is 0 Å². The molecular weight excluding hydrogens is 328 g/mol. The van der Waals surface area contributed by atoms with E-state index >= 15 is 0 Å². The van der Waals surface area contributed by atoms with Crippen LogP contribution in [-0.4, -0.2) is 30.0 Å². The van der Waals surface area contributed by atoms with E-state index in [1.807, 2.05) is 24.3 Å². The standard InChI is InChI=1S/C15H22ClN.C7H7N/c1-15(2,3)14-8-13(16)6-5-12(14)7-11-9-17(4)10-11;1-2-7-5-3-4-6-8-7/h5-6,8,11H,7,9-10H2,1-4H3;2-6H,1H2. The first kappa shape index (κ1) is 19.7. The van der Waals surface area contributed by atoms with Gasteiger partial charge in [0, 0.05) is 24.3 Å². The predicted molar refractivity (Wildman–Crippen MR) is 109 cm³/mol. The van der Waals surface area contributed by atoms with Crippen molar-refractivity contribution >= 4 is 17.7 Å². The van der Waals surface area contributed by atoms with E-state index in [0.717, 1.165) is 16.6 Å². The molecule has 1 aromatic carbocycles. The first-order valence-corrected chi connectivity index (χ1v) is 9.18. The fourth-order valence-corrected chi connectivity index (χ4v) is 3.36. The quantitative estimate of drug-likeness (QED) is 0.725. The van der Waals surface area contributed by atoms with Crippen molar-refractivity contribution in [1.82, 2.24) is 9.88 Å². The van der Waals surface area contributed by atoms with Crippen LogP contribution in [0.1, 0.15) is 37.6 Å². The summed E-state index contributed by atoms with van der Waals surface area (Å²) in [6.45, 7) is 12.8. The predicted octanol–water partition coefficient (Wildman–Crippen LogP) is 5.47. The number of benzene rings is 1. The lowest BCUT2D eigenvalue weighted by Crippen LogP contribution is -2.44. The molecule has 0 radical (unpaired) electrons. The molecule has 1 aliphatic rings. The first-order valence-electron chi connectivity index (χ1n) is 8.80. The molecule has 0 N–H and O–H groups in total. The molecule has 3 rings (SSSR count). The molecule has 0 atom stereocenters. The maximum Gasteiger partial charge on any atom is 0.0623 e. The highest BCUT2D eigenvalue weighted by Gasteiger charge is 2.26. The van der Waals surface area contributed by atoms with Gasteiger partial charge in [0.05, 0.1) is 5.69 Å². The maximum absolute atomic E-state index is 6.12. The molecule has 2 heterocycles. The average Bonchev–Trinajstić information content (AvgIpc) is 2.55. The van der Waals surface area contributed by atoms with Gasteiger partial charge in [-0.1, -0.05) is 51.1 Å². The van der Waals surface area contributed by atoms with Crippen LogP contribution >= 0.6 is 11.6 Å². The van der Waals surface area contributed by atoms with Crippen LogP contribution in [-0.2, 0) is 11.8 Å². The molecule has 0 saturated carbocycles. The van der Waals surface area contributed by atoms with Crippen LogP contribution in [0.3, 0.4) is 0 Å². The molecule has 0 bridgehead atoms. The Morgan fingerprint density at radius 3 is 2.44 bits per heavy atom. The number of halogens is 1. The summed E-state index contributed by atoms with van der Waals surface area (Å²) >= 11 is 6.12. The summed E-state index contributed by atoms with van der Waals surface area (Å²) in [6.07, 6.45) is 4.66. The number of hydrogen-bond acceptors (Lipinski definition) is 2. The van der Waals surface area contributed by atoms with Gasteiger partial charge in [0.2, 0.25) is 0 Å². The van der Waals surface area contributed by atoms with Crippen molar-refractivity contribution in [1.29, 1.82) is 0 Å². The second kappa shape index (κ2) is 8.64. The summed E-state index contributed by atoms with van der Waals surface area (Å²) < 4.78 is 0. The van der Waals surface area contributed by atoms with Crippen LogP contribution in [0.2, 0.25) is 5.02 Å². The van der Waals surface area contributed by atoms with Gasteiger partial charge >= 0.3 is 0 Å². The zero-order valence-electron chi connectivity index (χ0n) is 15.8. The molecule has 134 valence electrons. The number of pyridine rings is 1. The zero-order valence-corrected chi connectivity index (χ0v) is 16.6. The lowest BCUT2D eigenvalue weighted by molar-refractivity contribution is 0.134. The lowest BCUT2D eigenvalue weighted by Gasteiger charge is -2.37. The van der Waals surface area contributed by atoms with Crippen LogP contribution in [0.4, 0.5) is 0 Å². The van der Waals surface area contributed by atoms with Gasteiger partial charge in [-0.05, 0) is 66.3 Å². The monoisotopic (exact) mass is 356 g/mol. The number of aromatic nitrogens is 1. The average molecular weight is 357 g/mol. The van der Waals surface area contributed by atoms with E-state index < -0.39 is 0 Å². The highest BCUT2D eigenvalue weighted by Crippen LogP contribution is 2.31. The summed E-state index contributed by atoms with van der Waals surface area (Å²) in [7, 11) is 2.18. The van der Waals surface area contributed by atoms with Crippen LogP contribution in [0.5, 0.6) is 0 Å². The SMILES string of the molecule is C=Cc1ccccn1.CN1CC(Cc2ccc(Cl)cc2C(C)(C)C)C1. The number of likely N-dealkylation sites (tertiary alicyclic amines) is 1. The second-order valence-corrected chi connectivity index (χ2v) is 8.24. The highest BCUT2D eigenvalue weighted by atomic mass is 35.5. The second-order valence-electron chi connectivity index (χ2n) is 7.80. The van der Waals surface area contributed by atoms with Gasteiger partial charge in [0.1, 0.15) is 0 Å². The fourth-order valence-electron chi connectivity index (χ4n) is 3.19. The molecule has 0 amide bonds. The van der Waals surface area contributed by atoms with E-state index in [1.54, 1.807) is 12.3 Å². The normalized spacial score (nSPS) is 15.1. The zero-order chi connectivity index (χ0) is 18.4. The summed E-state index contributed by atoms with van der Waals surface area (Å²) in [4.78, 5) is 6.35. The molecule has 1 aromatic heterocycles. The van der Waals surface area contributed by atoms with Crippen LogP contribution in [0.25, 0.3) is 6.08 Å². The third kappa shape index (κ3) is 5.98. The molecule has 2 aromatic rings. The van der Waals surface area contributed by atoms with Crippen molar-refractivity contribution in [3.05, 3.63) is 71.0 Å². The van der Waals surface area contributed by atoms with Gasteiger partial charge in [-0.25, -0.2) is 0 Å². The molecule has 2 nitrogen and oxygen atoms in total. The van der Waals surface area contributed by atoms with E-state index in [-0.39, 0.29) is 5.41 Å². The molecule has 3 heteroatoms. The Morgan fingerprint density at radius 2 is 1.96 bits per heavy atom. The number of rotatable bonds is 3. The van der Waals surface area contributed by atoms with E-state index in [2.05, 4.69) is 56.4 Å². The van der Waals surface area contributed by atoms with Crippen molar-refractivity contribution in [2.75, 3.05) is 20.1 Å². The van der Waals surface area contributed by atoms with Crippen molar-refractivity contribution in [3.8, 4) is 0 Å². The third-order valence-corrected chi connectivity index (χ3v) is 4.66. The Balaban J connectivity index is 0.000000236. The van der Waals surface area contributed by atoms with Gasteiger partial charge in [-0.15, -0.1) is 0 Å². The fraction of sp³-hybridized carbons (Fsp3) is 0.409. The summed E-state index contributed by atoms with van der Waals surface area (Å²) in [5.74, 6) is 0.822. The topological polar surface area (TPSA) is 16.1 Å². The molecule has 0 spiro atoms. The molecule has 1 saturated heterocycles. The van der Waals surface area contributed by atoms with Gasteiger partial charge in [0.15, 0.2) is 0 Å². The molecule has 0 aliphatic carbocycles. The molecule has 1 aliphatic heterocycles. The molecule has 0 unspecified atom stereocenters. The Kier molecular flexibility index (Phi) is 6.80. The molecule has 25 heavy (non-hydrogen) atoms. The Morgan fingerprint density at radius 1 is 1.24 bits per heavy atom. The smallest absolute Gasteiger partial charge is 0.0623 e. The van der Waals surface area contributed by atoms with Crippen molar-refractivity contribution in [2.45, 2.75) is 32.6 Å². The number of nitrogens with zero attached hydrogens (tertiary/aromatic N) is 2. The highest BCUT2D eigenvalue weighted by molar-refractivity contribution is 6.30.